The predicted octanol–water partition coefficient (Wildman–Crippen LogP) is 4.58. The largest absolute Gasteiger partial charge is 0.493 e. The maximum atomic E-state index is 11.9. The monoisotopic (exact) mass is 424 g/mol. The Balaban J connectivity index is 1.79. The molecule has 0 bridgehead atoms. The van der Waals surface area contributed by atoms with Crippen molar-refractivity contribution in [1.82, 2.24) is 4.57 Å². The molecule has 2 aromatic rings. The number of amidine groups is 1. The number of esters is 1. The molecule has 4 rings (SSSR count). The normalized spacial score (nSPS) is 19.0. The van der Waals surface area contributed by atoms with Crippen LogP contribution in [0.3, 0.4) is 0 Å². The van der Waals surface area contributed by atoms with E-state index in [9.17, 15) is 14.7 Å². The third-order valence-corrected chi connectivity index (χ3v) is 5.89. The van der Waals surface area contributed by atoms with Crippen LogP contribution in [0.4, 0.5) is 5.69 Å². The van der Waals surface area contributed by atoms with E-state index in [1.54, 1.807) is 0 Å². The SMILES string of the molecule is COC(=O)/C=C1\SC(N=Nc2c(O)n3c4c(cc(C)cc24)C(C)=CC3(C)C)=NC1=O. The van der Waals surface area contributed by atoms with Crippen molar-refractivity contribution in [2.45, 2.75) is 33.2 Å². The van der Waals surface area contributed by atoms with Crippen LogP contribution in [0.25, 0.3) is 16.5 Å². The number of carbonyl (C=O) groups excluding carboxylic acids is 2. The smallest absolute Gasteiger partial charge is 0.331 e. The van der Waals surface area contributed by atoms with Crippen LogP contribution in [0.5, 0.6) is 5.88 Å². The summed E-state index contributed by atoms with van der Waals surface area (Å²) in [5.74, 6) is -1.23. The Bertz CT molecular complexity index is 1250. The van der Waals surface area contributed by atoms with Crippen LogP contribution in [0.15, 0.2) is 44.4 Å². The summed E-state index contributed by atoms with van der Waals surface area (Å²) < 4.78 is 6.38. The molecule has 9 heteroatoms. The zero-order valence-corrected chi connectivity index (χ0v) is 18.0. The fourth-order valence-corrected chi connectivity index (χ4v) is 4.56. The Morgan fingerprint density at radius 2 is 2.03 bits per heavy atom. The lowest BCUT2D eigenvalue weighted by molar-refractivity contribution is -0.135. The maximum absolute atomic E-state index is 11.9. The van der Waals surface area contributed by atoms with Gasteiger partial charge in [-0.25, -0.2) is 4.79 Å². The quantitative estimate of drug-likeness (QED) is 0.432. The Hall–Kier alpha value is -3.20. The van der Waals surface area contributed by atoms with E-state index in [-0.39, 0.29) is 16.0 Å². The third kappa shape index (κ3) is 3.15. The number of carbonyl (C=O) groups is 2. The fourth-order valence-electron chi connectivity index (χ4n) is 3.86. The van der Waals surface area contributed by atoms with E-state index < -0.39 is 17.4 Å². The van der Waals surface area contributed by atoms with Gasteiger partial charge in [0, 0.05) is 17.0 Å². The van der Waals surface area contributed by atoms with Crippen molar-refractivity contribution < 1.29 is 19.4 Å². The molecular weight excluding hydrogens is 404 g/mol. The number of methoxy groups -OCH3 is 1. The highest BCUT2D eigenvalue weighted by atomic mass is 32.2. The number of aliphatic imine (C=N–C) groups is 1. The molecule has 3 heterocycles. The standard InChI is InChI=1S/C21H20N4O4S/c1-10-6-12-11(2)9-21(3,4)25-17(12)13(7-10)16(19(25)28)23-24-20-22-18(27)14(30-20)8-15(26)29-5/h6-9,28H,1-5H3/b14-8-,24-23?. The predicted molar refractivity (Wildman–Crippen MR) is 116 cm³/mol. The molecule has 154 valence electrons. The van der Waals surface area contributed by atoms with Crippen LogP contribution in [0, 0.1) is 6.92 Å². The van der Waals surface area contributed by atoms with Crippen LogP contribution >= 0.6 is 11.8 Å². The molecule has 30 heavy (non-hydrogen) atoms. The van der Waals surface area contributed by atoms with Gasteiger partial charge in [0.05, 0.1) is 23.1 Å². The van der Waals surface area contributed by atoms with Gasteiger partial charge in [0.2, 0.25) is 11.0 Å². The molecule has 1 aromatic carbocycles. The summed E-state index contributed by atoms with van der Waals surface area (Å²) in [6, 6.07) is 4.04. The van der Waals surface area contributed by atoms with E-state index in [2.05, 4.69) is 39.0 Å². The molecule has 0 atom stereocenters. The summed E-state index contributed by atoms with van der Waals surface area (Å²) in [7, 11) is 1.23. The van der Waals surface area contributed by atoms with Gasteiger partial charge in [-0.1, -0.05) is 6.08 Å². The molecule has 8 nitrogen and oxygen atoms in total. The molecule has 0 saturated carbocycles. The van der Waals surface area contributed by atoms with Crippen molar-refractivity contribution in [3.05, 3.63) is 40.3 Å². The number of azo groups is 1. The highest BCUT2D eigenvalue weighted by Gasteiger charge is 2.32. The van der Waals surface area contributed by atoms with Gasteiger partial charge in [-0.05, 0) is 62.7 Å². The molecule has 1 amide bonds. The van der Waals surface area contributed by atoms with E-state index in [1.165, 1.54) is 7.11 Å². The number of aromatic nitrogens is 1. The average Bonchev–Trinajstić information content (AvgIpc) is 3.15. The number of rotatable bonds is 2. The van der Waals surface area contributed by atoms with E-state index in [4.69, 9.17) is 0 Å². The van der Waals surface area contributed by atoms with Crippen LogP contribution in [-0.2, 0) is 19.9 Å². The van der Waals surface area contributed by atoms with Gasteiger partial charge >= 0.3 is 5.97 Å². The van der Waals surface area contributed by atoms with E-state index in [0.717, 1.165) is 45.4 Å². The number of ether oxygens (including phenoxy) is 1. The van der Waals surface area contributed by atoms with Crippen LogP contribution in [-0.4, -0.2) is 33.8 Å². The van der Waals surface area contributed by atoms with Gasteiger partial charge < -0.3 is 14.4 Å². The first kappa shape index (κ1) is 20.1. The van der Waals surface area contributed by atoms with Gasteiger partial charge in [-0.2, -0.15) is 4.99 Å². The minimum atomic E-state index is -0.647. The molecule has 0 unspecified atom stereocenters. The summed E-state index contributed by atoms with van der Waals surface area (Å²) >= 11 is 0.926. The Kier molecular flexibility index (Phi) is 4.65. The fraction of sp³-hybridized carbons (Fsp3) is 0.286. The average molecular weight is 424 g/mol. The van der Waals surface area contributed by atoms with Gasteiger partial charge in [0.25, 0.3) is 5.91 Å². The zero-order valence-electron chi connectivity index (χ0n) is 17.2. The number of hydrogen-bond acceptors (Lipinski definition) is 7. The molecule has 0 fully saturated rings. The Morgan fingerprint density at radius 3 is 2.73 bits per heavy atom. The zero-order chi connectivity index (χ0) is 21.8. The van der Waals surface area contributed by atoms with Gasteiger partial charge in [-0.3, -0.25) is 4.79 Å². The number of aryl methyl sites for hydroxylation is 1. The van der Waals surface area contributed by atoms with Crippen molar-refractivity contribution in [2.24, 2.45) is 15.2 Å². The third-order valence-electron chi connectivity index (χ3n) is 5.02. The Labute approximate surface area is 177 Å². The minimum Gasteiger partial charge on any atom is -0.493 e. The second-order valence-electron chi connectivity index (χ2n) is 7.73. The highest BCUT2D eigenvalue weighted by Crippen LogP contribution is 2.48. The summed E-state index contributed by atoms with van der Waals surface area (Å²) in [5.41, 5.74) is 3.94. The number of amides is 1. The van der Waals surface area contributed by atoms with Crippen molar-refractivity contribution in [1.29, 1.82) is 0 Å². The first-order chi connectivity index (χ1) is 14.1. The summed E-state index contributed by atoms with van der Waals surface area (Å²) in [4.78, 5) is 27.2. The number of allylic oxidation sites excluding steroid dienone is 2. The number of benzene rings is 1. The van der Waals surface area contributed by atoms with E-state index in [0.29, 0.717) is 5.69 Å². The topological polar surface area (TPSA) is 106 Å². The lowest BCUT2D eigenvalue weighted by Gasteiger charge is -2.31. The van der Waals surface area contributed by atoms with Gasteiger partial charge in [-0.15, -0.1) is 10.2 Å². The highest BCUT2D eigenvalue weighted by molar-refractivity contribution is 8.18. The molecule has 0 radical (unpaired) electrons. The van der Waals surface area contributed by atoms with Gasteiger partial charge in [0.1, 0.15) is 0 Å². The first-order valence-corrected chi connectivity index (χ1v) is 10.0. The van der Waals surface area contributed by atoms with Crippen molar-refractivity contribution in [3.63, 3.8) is 0 Å². The number of thioether (sulfide) groups is 1. The molecule has 0 aliphatic carbocycles. The van der Waals surface area contributed by atoms with Crippen LogP contribution < -0.4 is 0 Å². The lowest BCUT2D eigenvalue weighted by Crippen LogP contribution is -2.26. The van der Waals surface area contributed by atoms with Crippen LogP contribution in [0.1, 0.15) is 31.9 Å². The lowest BCUT2D eigenvalue weighted by atomic mass is 9.91. The summed E-state index contributed by atoms with van der Waals surface area (Å²) in [5, 5.41) is 20.2. The van der Waals surface area contributed by atoms with E-state index >= 15 is 0 Å². The van der Waals surface area contributed by atoms with Crippen molar-refractivity contribution in [3.8, 4) is 5.88 Å². The summed E-state index contributed by atoms with van der Waals surface area (Å²) in [6.45, 7) is 8.06. The molecule has 0 saturated heterocycles. The maximum Gasteiger partial charge on any atom is 0.331 e. The number of aromatic hydroxyl groups is 1. The molecule has 1 aromatic heterocycles. The van der Waals surface area contributed by atoms with E-state index in [1.807, 2.05) is 31.4 Å². The Morgan fingerprint density at radius 1 is 1.30 bits per heavy atom. The second kappa shape index (κ2) is 6.94. The number of hydrogen-bond donors (Lipinski definition) is 1. The molecule has 0 spiro atoms. The summed E-state index contributed by atoms with van der Waals surface area (Å²) in [6.07, 6.45) is 3.17. The molecule has 2 aliphatic rings. The molecule has 2 aliphatic heterocycles. The molecule has 1 N–H and O–H groups in total. The number of nitrogens with zero attached hydrogens (tertiary/aromatic N) is 4. The second-order valence-corrected chi connectivity index (χ2v) is 8.74. The minimum absolute atomic E-state index is 0.00500. The van der Waals surface area contributed by atoms with Crippen LogP contribution in [0.2, 0.25) is 0 Å². The molecular formula is C21H20N4O4S. The van der Waals surface area contributed by atoms with Crippen molar-refractivity contribution in [2.75, 3.05) is 7.11 Å². The van der Waals surface area contributed by atoms with Gasteiger partial charge in [0.15, 0.2) is 5.69 Å². The van der Waals surface area contributed by atoms with Crippen molar-refractivity contribution >= 4 is 51.0 Å². The first-order valence-electron chi connectivity index (χ1n) is 9.23.